The summed E-state index contributed by atoms with van der Waals surface area (Å²) >= 11 is 5.28. The zero-order chi connectivity index (χ0) is 5.86. The van der Waals surface area contributed by atoms with Crippen molar-refractivity contribution >= 4 is 16.8 Å². The molecule has 40 valence electrons. The van der Waals surface area contributed by atoms with Gasteiger partial charge in [0.2, 0.25) is 0 Å². The topological polar surface area (TPSA) is 38.4 Å². The smallest absolute Gasteiger partial charge is 0.117 e. The molecule has 3 heteroatoms. The summed E-state index contributed by atoms with van der Waals surface area (Å²) in [5.41, 5.74) is 5.03. The Hall–Kier alpha value is -0.500. The highest BCUT2D eigenvalue weighted by Gasteiger charge is 1.77. The van der Waals surface area contributed by atoms with Gasteiger partial charge in [-0.3, -0.25) is 0 Å². The first-order chi connectivity index (χ1) is 3.13. The highest BCUT2D eigenvalue weighted by molar-refractivity contribution is 6.64. The third-order valence-corrected chi connectivity index (χ3v) is 0.382. The van der Waals surface area contributed by atoms with Crippen LogP contribution in [0.1, 0.15) is 6.92 Å². The summed E-state index contributed by atoms with van der Waals surface area (Å²) < 4.78 is 0. The van der Waals surface area contributed by atoms with Crippen LogP contribution < -0.4 is 5.73 Å². The monoisotopic (exact) mass is 118 g/mol. The van der Waals surface area contributed by atoms with Crippen molar-refractivity contribution in [3.63, 3.8) is 0 Å². The molecule has 0 aromatic rings. The first-order valence-corrected chi connectivity index (χ1v) is 2.16. The van der Waals surface area contributed by atoms with Crippen LogP contribution >= 0.6 is 11.6 Å². The van der Waals surface area contributed by atoms with E-state index in [-0.39, 0.29) is 5.82 Å². The lowest BCUT2D eigenvalue weighted by atomic mass is 10.8. The number of hydrogen-bond donors (Lipinski definition) is 1. The zero-order valence-corrected chi connectivity index (χ0v) is 4.87. The summed E-state index contributed by atoms with van der Waals surface area (Å²) in [6.45, 7) is 4.94. The number of rotatable bonds is 1. The molecule has 0 saturated carbocycles. The molecular formula is C4H7ClN2. The maximum atomic E-state index is 5.28. The quantitative estimate of drug-likeness (QED) is 0.514. The second-order valence-corrected chi connectivity index (χ2v) is 1.65. The van der Waals surface area contributed by atoms with Crippen molar-refractivity contribution in [2.75, 3.05) is 0 Å². The Morgan fingerprint density at radius 1 is 1.86 bits per heavy atom. The van der Waals surface area contributed by atoms with Crippen LogP contribution in [0.2, 0.25) is 0 Å². The van der Waals surface area contributed by atoms with Gasteiger partial charge in [-0.2, -0.15) is 0 Å². The van der Waals surface area contributed by atoms with Gasteiger partial charge in [0.25, 0.3) is 0 Å². The summed E-state index contributed by atoms with van der Waals surface area (Å²) in [7, 11) is 0. The van der Waals surface area contributed by atoms with Crippen LogP contribution in [0.25, 0.3) is 0 Å². The van der Waals surface area contributed by atoms with E-state index in [2.05, 4.69) is 11.6 Å². The van der Waals surface area contributed by atoms with Crippen molar-refractivity contribution < 1.29 is 0 Å². The fraction of sp³-hybridized carbons (Fsp3) is 0.250. The molecule has 0 heterocycles. The molecule has 0 amide bonds. The van der Waals surface area contributed by atoms with E-state index in [4.69, 9.17) is 17.3 Å². The van der Waals surface area contributed by atoms with Gasteiger partial charge in [0.05, 0.1) is 0 Å². The maximum absolute atomic E-state index is 5.28. The second-order valence-electron chi connectivity index (χ2n) is 1.10. The first kappa shape index (κ1) is 6.50. The lowest BCUT2D eigenvalue weighted by Crippen LogP contribution is -1.91. The second kappa shape index (κ2) is 2.64. The predicted octanol–water partition coefficient (Wildman–Crippen LogP) is 1.07. The van der Waals surface area contributed by atoms with Gasteiger partial charge in [-0.1, -0.05) is 18.2 Å². The van der Waals surface area contributed by atoms with Gasteiger partial charge < -0.3 is 5.73 Å². The molecular weight excluding hydrogens is 112 g/mol. The van der Waals surface area contributed by atoms with Crippen molar-refractivity contribution in [1.82, 2.24) is 0 Å². The summed E-state index contributed by atoms with van der Waals surface area (Å²) in [6, 6.07) is 0. The Labute approximate surface area is 47.7 Å². The molecule has 7 heavy (non-hydrogen) atoms. The zero-order valence-electron chi connectivity index (χ0n) is 4.11. The van der Waals surface area contributed by atoms with Crippen molar-refractivity contribution in [3.05, 3.63) is 12.4 Å². The SMILES string of the molecule is C=C(N)N=C(C)Cl. The lowest BCUT2D eigenvalue weighted by molar-refractivity contribution is 1.27. The van der Waals surface area contributed by atoms with Crippen LogP contribution in [0.4, 0.5) is 0 Å². The van der Waals surface area contributed by atoms with E-state index in [1.807, 2.05) is 0 Å². The molecule has 0 aliphatic heterocycles. The van der Waals surface area contributed by atoms with E-state index in [0.29, 0.717) is 5.17 Å². The highest BCUT2D eigenvalue weighted by atomic mass is 35.5. The third kappa shape index (κ3) is 5.50. The van der Waals surface area contributed by atoms with Crippen molar-refractivity contribution in [2.24, 2.45) is 10.7 Å². The average Bonchev–Trinajstić information content (AvgIpc) is 1.27. The van der Waals surface area contributed by atoms with Crippen LogP contribution in [0.3, 0.4) is 0 Å². The van der Waals surface area contributed by atoms with E-state index < -0.39 is 0 Å². The van der Waals surface area contributed by atoms with E-state index in [1.165, 1.54) is 0 Å². The first-order valence-electron chi connectivity index (χ1n) is 1.78. The molecule has 0 aliphatic carbocycles. The molecule has 0 aliphatic rings. The molecule has 0 aromatic carbocycles. The molecule has 0 rings (SSSR count). The number of hydrogen-bond acceptors (Lipinski definition) is 2. The van der Waals surface area contributed by atoms with Gasteiger partial charge in [-0.05, 0) is 6.92 Å². The van der Waals surface area contributed by atoms with Gasteiger partial charge in [0, 0.05) is 0 Å². The normalized spacial score (nSPS) is 11.4. The largest absolute Gasteiger partial charge is 0.384 e. The Kier molecular flexibility index (Phi) is 2.45. The van der Waals surface area contributed by atoms with Crippen LogP contribution in [0.5, 0.6) is 0 Å². The fourth-order valence-corrected chi connectivity index (χ4v) is 0.306. The van der Waals surface area contributed by atoms with Crippen LogP contribution in [0.15, 0.2) is 17.4 Å². The van der Waals surface area contributed by atoms with Crippen molar-refractivity contribution in [1.29, 1.82) is 0 Å². The number of nitrogens with two attached hydrogens (primary N) is 1. The van der Waals surface area contributed by atoms with Crippen molar-refractivity contribution in [2.45, 2.75) is 6.92 Å². The van der Waals surface area contributed by atoms with Gasteiger partial charge in [-0.25, -0.2) is 4.99 Å². The van der Waals surface area contributed by atoms with E-state index in [0.717, 1.165) is 0 Å². The minimum atomic E-state index is 0.243. The van der Waals surface area contributed by atoms with Gasteiger partial charge >= 0.3 is 0 Å². The summed E-state index contributed by atoms with van der Waals surface area (Å²) in [6.07, 6.45) is 0. The Morgan fingerprint density at radius 3 is 2.29 bits per heavy atom. The van der Waals surface area contributed by atoms with E-state index in [1.54, 1.807) is 6.92 Å². The molecule has 0 spiro atoms. The molecule has 0 bridgehead atoms. The van der Waals surface area contributed by atoms with Crippen LogP contribution in [-0.2, 0) is 0 Å². The van der Waals surface area contributed by atoms with E-state index >= 15 is 0 Å². The fourth-order valence-electron chi connectivity index (χ4n) is 0.198. The number of aliphatic imine (C=N–C) groups is 1. The predicted molar refractivity (Wildman–Crippen MR) is 32.3 cm³/mol. The summed E-state index contributed by atoms with van der Waals surface area (Å²) in [4.78, 5) is 3.54. The summed E-state index contributed by atoms with van der Waals surface area (Å²) in [5.74, 6) is 0.243. The van der Waals surface area contributed by atoms with Crippen LogP contribution in [0, 0.1) is 0 Å². The Morgan fingerprint density at radius 2 is 2.29 bits per heavy atom. The number of nitrogens with zero attached hydrogens (tertiary/aromatic N) is 1. The maximum Gasteiger partial charge on any atom is 0.117 e. The van der Waals surface area contributed by atoms with Gasteiger partial charge in [0.1, 0.15) is 11.0 Å². The molecule has 0 atom stereocenters. The molecule has 2 nitrogen and oxygen atoms in total. The molecule has 0 saturated heterocycles. The Balaban J connectivity index is 3.68. The minimum absolute atomic E-state index is 0.243. The van der Waals surface area contributed by atoms with Gasteiger partial charge in [0.15, 0.2) is 0 Å². The van der Waals surface area contributed by atoms with Crippen LogP contribution in [-0.4, -0.2) is 5.17 Å². The third-order valence-electron chi connectivity index (χ3n) is 0.298. The van der Waals surface area contributed by atoms with Crippen molar-refractivity contribution in [3.8, 4) is 0 Å². The lowest BCUT2D eigenvalue weighted by Gasteiger charge is -1.84. The highest BCUT2D eigenvalue weighted by Crippen LogP contribution is 1.86. The molecule has 2 N–H and O–H groups in total. The molecule has 0 aromatic heterocycles. The summed E-state index contributed by atoms with van der Waals surface area (Å²) in [5, 5.41) is 0.410. The average molecular weight is 119 g/mol. The molecule has 0 radical (unpaired) electrons. The number of halogens is 1. The van der Waals surface area contributed by atoms with Gasteiger partial charge in [-0.15, -0.1) is 0 Å². The minimum Gasteiger partial charge on any atom is -0.384 e. The van der Waals surface area contributed by atoms with E-state index in [9.17, 15) is 0 Å². The Bertz CT molecular complexity index is 102. The molecule has 0 unspecified atom stereocenters. The molecule has 0 fully saturated rings. The standard InChI is InChI=1S/C4H7ClN2/c1-3(5)7-4(2)6/h2,6H2,1H3.